The first kappa shape index (κ1) is 26.2. The molecular formula is C25H32ClN3O4S. The van der Waals surface area contributed by atoms with Crippen LogP contribution in [0.3, 0.4) is 0 Å². The number of amides is 2. The molecule has 7 nitrogen and oxygen atoms in total. The molecule has 2 amide bonds. The summed E-state index contributed by atoms with van der Waals surface area (Å²) in [5.74, 6) is -0.957. The van der Waals surface area contributed by atoms with Crippen LogP contribution in [-0.2, 0) is 26.2 Å². The first-order chi connectivity index (χ1) is 16.1. The Morgan fingerprint density at radius 3 is 2.26 bits per heavy atom. The topological polar surface area (TPSA) is 95.6 Å². The molecule has 3 rings (SSSR count). The zero-order valence-electron chi connectivity index (χ0n) is 19.8. The lowest BCUT2D eigenvalue weighted by molar-refractivity contribution is -0.132. The van der Waals surface area contributed by atoms with Crippen molar-refractivity contribution in [2.45, 2.75) is 51.1 Å². The van der Waals surface area contributed by atoms with E-state index in [0.717, 1.165) is 11.1 Å². The molecule has 1 unspecified atom stereocenters. The van der Waals surface area contributed by atoms with Crippen molar-refractivity contribution in [3.8, 4) is 0 Å². The molecule has 1 atom stereocenters. The molecular weight excluding hydrogens is 474 g/mol. The van der Waals surface area contributed by atoms with Gasteiger partial charge in [-0.25, -0.2) is 8.42 Å². The predicted octanol–water partition coefficient (Wildman–Crippen LogP) is 3.51. The number of carbonyl (C=O) groups is 2. The van der Waals surface area contributed by atoms with Gasteiger partial charge in [-0.1, -0.05) is 61.3 Å². The van der Waals surface area contributed by atoms with Crippen LogP contribution >= 0.6 is 11.6 Å². The van der Waals surface area contributed by atoms with Crippen LogP contribution in [0.1, 0.15) is 37.8 Å². The Morgan fingerprint density at radius 1 is 1.06 bits per heavy atom. The SMILES string of the molecule is Cc1ccc(S(=O)(=O)N2CCC(C(=O)NC(C(=O)NCc3ccccc3Cl)C(C)C)CC2)cc1. The predicted molar refractivity (Wildman–Crippen MR) is 133 cm³/mol. The lowest BCUT2D eigenvalue weighted by Gasteiger charge is -2.32. The minimum Gasteiger partial charge on any atom is -0.350 e. The number of sulfonamides is 1. The molecule has 2 N–H and O–H groups in total. The number of hydrogen-bond donors (Lipinski definition) is 2. The van der Waals surface area contributed by atoms with Gasteiger partial charge in [0.1, 0.15) is 6.04 Å². The highest BCUT2D eigenvalue weighted by atomic mass is 35.5. The van der Waals surface area contributed by atoms with Crippen LogP contribution in [0.5, 0.6) is 0 Å². The van der Waals surface area contributed by atoms with Crippen LogP contribution in [0.15, 0.2) is 53.4 Å². The molecule has 34 heavy (non-hydrogen) atoms. The molecule has 0 spiro atoms. The van der Waals surface area contributed by atoms with Gasteiger partial charge >= 0.3 is 0 Å². The molecule has 9 heteroatoms. The van der Waals surface area contributed by atoms with E-state index in [1.54, 1.807) is 30.3 Å². The number of piperidine rings is 1. The molecule has 0 radical (unpaired) electrons. The number of carbonyl (C=O) groups excluding carboxylic acids is 2. The number of rotatable bonds is 8. The zero-order chi connectivity index (χ0) is 24.9. The fraction of sp³-hybridized carbons (Fsp3) is 0.440. The van der Waals surface area contributed by atoms with Gasteiger partial charge in [-0.2, -0.15) is 4.31 Å². The van der Waals surface area contributed by atoms with Crippen molar-refractivity contribution in [3.63, 3.8) is 0 Å². The average molecular weight is 506 g/mol. The average Bonchev–Trinajstić information content (AvgIpc) is 2.82. The van der Waals surface area contributed by atoms with E-state index >= 15 is 0 Å². The van der Waals surface area contributed by atoms with E-state index in [1.165, 1.54) is 4.31 Å². The summed E-state index contributed by atoms with van der Waals surface area (Å²) in [7, 11) is -3.59. The van der Waals surface area contributed by atoms with E-state index in [-0.39, 0.29) is 48.2 Å². The smallest absolute Gasteiger partial charge is 0.243 e. The number of benzene rings is 2. The maximum Gasteiger partial charge on any atom is 0.243 e. The summed E-state index contributed by atoms with van der Waals surface area (Å²) in [6.45, 7) is 6.45. The molecule has 184 valence electrons. The molecule has 1 heterocycles. The molecule has 0 bridgehead atoms. The summed E-state index contributed by atoms with van der Waals surface area (Å²) in [5, 5.41) is 6.30. The molecule has 1 aliphatic heterocycles. The molecule has 1 saturated heterocycles. The maximum atomic E-state index is 12.9. The Balaban J connectivity index is 1.56. The van der Waals surface area contributed by atoms with Crippen LogP contribution in [-0.4, -0.2) is 43.7 Å². The van der Waals surface area contributed by atoms with Crippen molar-refractivity contribution in [2.75, 3.05) is 13.1 Å². The fourth-order valence-corrected chi connectivity index (χ4v) is 5.63. The van der Waals surface area contributed by atoms with Crippen LogP contribution in [0.4, 0.5) is 0 Å². The fourth-order valence-electron chi connectivity index (χ4n) is 3.96. The van der Waals surface area contributed by atoms with Gasteiger partial charge < -0.3 is 10.6 Å². The Morgan fingerprint density at radius 2 is 1.68 bits per heavy atom. The highest BCUT2D eigenvalue weighted by Gasteiger charge is 2.34. The van der Waals surface area contributed by atoms with Crippen molar-refractivity contribution in [1.82, 2.24) is 14.9 Å². The third kappa shape index (κ3) is 6.37. The summed E-state index contributed by atoms with van der Waals surface area (Å²) in [6, 6.07) is 13.3. The van der Waals surface area contributed by atoms with Crippen molar-refractivity contribution < 1.29 is 18.0 Å². The van der Waals surface area contributed by atoms with E-state index in [9.17, 15) is 18.0 Å². The first-order valence-electron chi connectivity index (χ1n) is 11.5. The first-order valence-corrected chi connectivity index (χ1v) is 13.3. The lowest BCUT2D eigenvalue weighted by Crippen LogP contribution is -2.52. The van der Waals surface area contributed by atoms with Crippen molar-refractivity contribution in [1.29, 1.82) is 0 Å². The molecule has 0 aliphatic carbocycles. The number of halogens is 1. The summed E-state index contributed by atoms with van der Waals surface area (Å²) in [6.07, 6.45) is 0.811. The Hall–Kier alpha value is -2.42. The summed E-state index contributed by atoms with van der Waals surface area (Å²) in [4.78, 5) is 26.0. The second-order valence-electron chi connectivity index (χ2n) is 9.03. The van der Waals surface area contributed by atoms with Gasteiger partial charge in [0.25, 0.3) is 0 Å². The molecule has 2 aromatic carbocycles. The van der Waals surface area contributed by atoms with E-state index in [4.69, 9.17) is 11.6 Å². The van der Waals surface area contributed by atoms with Crippen LogP contribution < -0.4 is 10.6 Å². The lowest BCUT2D eigenvalue weighted by atomic mass is 9.95. The number of hydrogen-bond acceptors (Lipinski definition) is 4. The van der Waals surface area contributed by atoms with Gasteiger partial charge in [0.05, 0.1) is 4.90 Å². The summed E-state index contributed by atoms with van der Waals surface area (Å²) < 4.78 is 27.2. The minimum absolute atomic E-state index is 0.114. The highest BCUT2D eigenvalue weighted by molar-refractivity contribution is 7.89. The second-order valence-corrected chi connectivity index (χ2v) is 11.4. The van der Waals surface area contributed by atoms with Gasteiger partial charge in [0.15, 0.2) is 0 Å². The second kappa shape index (κ2) is 11.3. The van der Waals surface area contributed by atoms with Crippen LogP contribution in [0.25, 0.3) is 0 Å². The normalized spacial score (nSPS) is 16.3. The molecule has 0 saturated carbocycles. The summed E-state index contributed by atoms with van der Waals surface area (Å²) >= 11 is 6.16. The third-order valence-electron chi connectivity index (χ3n) is 6.14. The molecule has 0 aromatic heterocycles. The van der Waals surface area contributed by atoms with Gasteiger partial charge in [0.2, 0.25) is 21.8 Å². The molecule has 1 aliphatic rings. The quantitative estimate of drug-likeness (QED) is 0.574. The maximum absolute atomic E-state index is 12.9. The standard InChI is InChI=1S/C25H32ClN3O4S/c1-17(2)23(25(31)27-16-20-6-4-5-7-22(20)26)28-24(30)19-12-14-29(15-13-19)34(32,33)21-10-8-18(3)9-11-21/h4-11,17,19,23H,12-16H2,1-3H3,(H,27,31)(H,28,30). The summed E-state index contributed by atoms with van der Waals surface area (Å²) in [5.41, 5.74) is 1.79. The third-order valence-corrected chi connectivity index (χ3v) is 8.42. The van der Waals surface area contributed by atoms with Crippen molar-refractivity contribution in [3.05, 3.63) is 64.7 Å². The van der Waals surface area contributed by atoms with E-state index < -0.39 is 16.1 Å². The van der Waals surface area contributed by atoms with Gasteiger partial charge in [-0.3, -0.25) is 9.59 Å². The Bertz CT molecular complexity index is 1110. The largest absolute Gasteiger partial charge is 0.350 e. The van der Waals surface area contributed by atoms with Crippen molar-refractivity contribution in [2.24, 2.45) is 11.8 Å². The number of nitrogens with one attached hydrogen (secondary N) is 2. The molecule has 1 fully saturated rings. The zero-order valence-corrected chi connectivity index (χ0v) is 21.3. The van der Waals surface area contributed by atoms with Crippen LogP contribution in [0, 0.1) is 18.8 Å². The minimum atomic E-state index is -3.59. The van der Waals surface area contributed by atoms with Gasteiger partial charge in [0, 0.05) is 30.6 Å². The Kier molecular flexibility index (Phi) is 8.73. The van der Waals surface area contributed by atoms with Gasteiger partial charge in [-0.15, -0.1) is 0 Å². The monoisotopic (exact) mass is 505 g/mol. The molecule has 2 aromatic rings. The van der Waals surface area contributed by atoms with Gasteiger partial charge in [-0.05, 0) is 49.4 Å². The van der Waals surface area contributed by atoms with Crippen molar-refractivity contribution >= 4 is 33.4 Å². The van der Waals surface area contributed by atoms with Crippen LogP contribution in [0.2, 0.25) is 5.02 Å². The Labute approximate surface area is 206 Å². The van der Waals surface area contributed by atoms with E-state index in [1.807, 2.05) is 39.0 Å². The van der Waals surface area contributed by atoms with E-state index in [2.05, 4.69) is 10.6 Å². The van der Waals surface area contributed by atoms with E-state index in [0.29, 0.717) is 17.9 Å². The highest BCUT2D eigenvalue weighted by Crippen LogP contribution is 2.24. The number of aryl methyl sites for hydroxylation is 1. The number of nitrogens with zero attached hydrogens (tertiary/aromatic N) is 1.